The fraction of sp³-hybridized carbons (Fsp3) is 1.00. The van der Waals surface area contributed by atoms with Crippen molar-refractivity contribution in [2.45, 2.75) is 57.4 Å². The molecule has 0 spiro atoms. The molecule has 0 saturated carbocycles. The minimum Gasteiger partial charge on any atom is -0.309 e. The first-order chi connectivity index (χ1) is 7.98. The first kappa shape index (κ1) is 15.9. The molecule has 1 aliphatic rings. The van der Waals surface area contributed by atoms with E-state index >= 15 is 0 Å². The molecule has 0 amide bonds. The largest absolute Gasteiger partial charge is 0.309 e. The standard InChI is InChI=1S/C13H28N2O2S/c1-7-11-8-14-12(2,3)9-15(11)10-13(4,5)18(6,16)17/h11,14H,7-10H2,1-6H3. The van der Waals surface area contributed by atoms with Gasteiger partial charge < -0.3 is 5.32 Å². The number of sulfone groups is 1. The third kappa shape index (κ3) is 3.68. The molecule has 108 valence electrons. The first-order valence-corrected chi connectivity index (χ1v) is 8.56. The van der Waals surface area contributed by atoms with E-state index in [2.05, 4.69) is 31.0 Å². The molecule has 0 bridgehead atoms. The van der Waals surface area contributed by atoms with Gasteiger partial charge in [0, 0.05) is 37.5 Å². The van der Waals surface area contributed by atoms with Crippen LogP contribution in [0.3, 0.4) is 0 Å². The van der Waals surface area contributed by atoms with E-state index in [9.17, 15) is 8.42 Å². The topological polar surface area (TPSA) is 49.4 Å². The van der Waals surface area contributed by atoms with Gasteiger partial charge in [0.25, 0.3) is 0 Å². The van der Waals surface area contributed by atoms with Gasteiger partial charge in [-0.2, -0.15) is 0 Å². The van der Waals surface area contributed by atoms with Gasteiger partial charge in [-0.15, -0.1) is 0 Å². The molecule has 5 heteroatoms. The van der Waals surface area contributed by atoms with Crippen LogP contribution in [0.2, 0.25) is 0 Å². The van der Waals surface area contributed by atoms with Crippen LogP contribution in [0, 0.1) is 0 Å². The maximum absolute atomic E-state index is 11.8. The molecule has 0 aromatic heterocycles. The van der Waals surface area contributed by atoms with Crippen molar-refractivity contribution >= 4 is 9.84 Å². The Morgan fingerprint density at radius 1 is 1.39 bits per heavy atom. The van der Waals surface area contributed by atoms with Crippen molar-refractivity contribution in [1.82, 2.24) is 10.2 Å². The van der Waals surface area contributed by atoms with Gasteiger partial charge in [-0.3, -0.25) is 4.90 Å². The minimum absolute atomic E-state index is 0.0548. The summed E-state index contributed by atoms with van der Waals surface area (Å²) in [6.45, 7) is 12.6. The van der Waals surface area contributed by atoms with Crippen LogP contribution in [0.5, 0.6) is 0 Å². The van der Waals surface area contributed by atoms with Gasteiger partial charge in [0.05, 0.1) is 4.75 Å². The Morgan fingerprint density at radius 2 is 1.94 bits per heavy atom. The summed E-state index contributed by atoms with van der Waals surface area (Å²) in [5, 5.41) is 3.52. The van der Waals surface area contributed by atoms with E-state index in [1.54, 1.807) is 0 Å². The molecular formula is C13H28N2O2S. The van der Waals surface area contributed by atoms with Gasteiger partial charge in [-0.25, -0.2) is 8.42 Å². The number of piperazine rings is 1. The van der Waals surface area contributed by atoms with Crippen LogP contribution >= 0.6 is 0 Å². The Kier molecular flexibility index (Phi) is 4.51. The van der Waals surface area contributed by atoms with Gasteiger partial charge in [0.15, 0.2) is 9.84 Å². The zero-order chi connectivity index (χ0) is 14.2. The summed E-state index contributed by atoms with van der Waals surface area (Å²) in [6.07, 6.45) is 2.38. The summed E-state index contributed by atoms with van der Waals surface area (Å²) < 4.78 is 23.0. The van der Waals surface area contributed by atoms with E-state index in [1.807, 2.05) is 13.8 Å². The highest BCUT2D eigenvalue weighted by molar-refractivity contribution is 7.92. The van der Waals surface area contributed by atoms with Crippen LogP contribution in [0.4, 0.5) is 0 Å². The molecule has 1 rings (SSSR count). The van der Waals surface area contributed by atoms with Crippen LogP contribution in [0.15, 0.2) is 0 Å². The van der Waals surface area contributed by atoms with Crippen molar-refractivity contribution in [3.63, 3.8) is 0 Å². The highest BCUT2D eigenvalue weighted by Gasteiger charge is 2.38. The number of nitrogens with one attached hydrogen (secondary N) is 1. The lowest BCUT2D eigenvalue weighted by Crippen LogP contribution is -2.63. The third-order valence-electron chi connectivity index (χ3n) is 3.99. The van der Waals surface area contributed by atoms with Gasteiger partial charge >= 0.3 is 0 Å². The average Bonchev–Trinajstić information content (AvgIpc) is 2.14. The number of nitrogens with zero attached hydrogens (tertiary/aromatic N) is 1. The van der Waals surface area contributed by atoms with Gasteiger partial charge in [-0.05, 0) is 34.1 Å². The van der Waals surface area contributed by atoms with E-state index in [0.29, 0.717) is 12.6 Å². The molecule has 1 fully saturated rings. The number of hydrogen-bond acceptors (Lipinski definition) is 4. The molecule has 1 atom stereocenters. The van der Waals surface area contributed by atoms with Crippen molar-refractivity contribution < 1.29 is 8.42 Å². The predicted octanol–water partition coefficient (Wildman–Crippen LogP) is 1.27. The zero-order valence-corrected chi connectivity index (χ0v) is 13.4. The van der Waals surface area contributed by atoms with Gasteiger partial charge in [0.1, 0.15) is 0 Å². The normalized spacial score (nSPS) is 26.2. The van der Waals surface area contributed by atoms with Crippen molar-refractivity contribution in [1.29, 1.82) is 0 Å². The van der Waals surface area contributed by atoms with E-state index in [-0.39, 0.29) is 5.54 Å². The smallest absolute Gasteiger partial charge is 0.153 e. The summed E-state index contributed by atoms with van der Waals surface area (Å²) >= 11 is 0. The minimum atomic E-state index is -3.03. The molecule has 1 N–H and O–H groups in total. The second kappa shape index (κ2) is 5.10. The Balaban J connectivity index is 2.85. The Bertz CT molecular complexity index is 388. The number of hydrogen-bond donors (Lipinski definition) is 1. The van der Waals surface area contributed by atoms with E-state index < -0.39 is 14.6 Å². The summed E-state index contributed by atoms with van der Waals surface area (Å²) in [7, 11) is -3.03. The third-order valence-corrected chi connectivity index (χ3v) is 6.13. The molecule has 1 unspecified atom stereocenters. The molecule has 1 aliphatic heterocycles. The Morgan fingerprint density at radius 3 is 2.39 bits per heavy atom. The molecule has 0 aromatic rings. The number of rotatable bonds is 4. The molecule has 0 radical (unpaired) electrons. The summed E-state index contributed by atoms with van der Waals surface area (Å²) in [6, 6.07) is 0.430. The lowest BCUT2D eigenvalue weighted by atomic mass is 9.96. The SMILES string of the molecule is CCC1CNC(C)(C)CN1CC(C)(C)S(C)(=O)=O. The Labute approximate surface area is 112 Å². The summed E-state index contributed by atoms with van der Waals surface area (Å²) in [5.41, 5.74) is 0.0548. The van der Waals surface area contributed by atoms with Gasteiger partial charge in [0.2, 0.25) is 0 Å². The van der Waals surface area contributed by atoms with Gasteiger partial charge in [-0.1, -0.05) is 6.92 Å². The predicted molar refractivity (Wildman–Crippen MR) is 76.7 cm³/mol. The summed E-state index contributed by atoms with van der Waals surface area (Å²) in [4.78, 5) is 2.33. The zero-order valence-electron chi connectivity index (χ0n) is 12.6. The van der Waals surface area contributed by atoms with Crippen molar-refractivity contribution in [3.8, 4) is 0 Å². The van der Waals surface area contributed by atoms with Crippen molar-refractivity contribution in [2.24, 2.45) is 0 Å². The highest BCUT2D eigenvalue weighted by Crippen LogP contribution is 2.23. The summed E-state index contributed by atoms with van der Waals surface area (Å²) in [5.74, 6) is 0. The average molecular weight is 276 g/mol. The van der Waals surface area contributed by atoms with Crippen LogP contribution < -0.4 is 5.32 Å². The molecule has 0 aromatic carbocycles. The lowest BCUT2D eigenvalue weighted by Gasteiger charge is -2.46. The maximum atomic E-state index is 11.8. The molecule has 1 saturated heterocycles. The maximum Gasteiger partial charge on any atom is 0.153 e. The fourth-order valence-corrected chi connectivity index (χ4v) is 2.81. The van der Waals surface area contributed by atoms with E-state index in [1.165, 1.54) is 6.26 Å². The molecule has 1 heterocycles. The van der Waals surface area contributed by atoms with Crippen LogP contribution in [-0.4, -0.2) is 55.5 Å². The first-order valence-electron chi connectivity index (χ1n) is 6.67. The Hall–Kier alpha value is -0.130. The molecule has 4 nitrogen and oxygen atoms in total. The van der Waals surface area contributed by atoms with Crippen molar-refractivity contribution in [2.75, 3.05) is 25.9 Å². The second-order valence-electron chi connectivity index (χ2n) is 6.76. The fourth-order valence-electron chi connectivity index (χ4n) is 2.41. The lowest BCUT2D eigenvalue weighted by molar-refractivity contribution is 0.0850. The molecular weight excluding hydrogens is 248 g/mol. The van der Waals surface area contributed by atoms with Crippen molar-refractivity contribution in [3.05, 3.63) is 0 Å². The van der Waals surface area contributed by atoms with E-state index in [4.69, 9.17) is 0 Å². The quantitative estimate of drug-likeness (QED) is 0.840. The van der Waals surface area contributed by atoms with Crippen LogP contribution in [0.25, 0.3) is 0 Å². The van der Waals surface area contributed by atoms with E-state index in [0.717, 1.165) is 19.5 Å². The van der Waals surface area contributed by atoms with Crippen LogP contribution in [-0.2, 0) is 9.84 Å². The molecule has 0 aliphatic carbocycles. The second-order valence-corrected chi connectivity index (χ2v) is 9.41. The monoisotopic (exact) mass is 276 g/mol. The highest BCUT2D eigenvalue weighted by atomic mass is 32.2. The molecule has 18 heavy (non-hydrogen) atoms. The van der Waals surface area contributed by atoms with Crippen LogP contribution in [0.1, 0.15) is 41.0 Å².